The Kier molecular flexibility index (Phi) is 15.5. The fourth-order valence-corrected chi connectivity index (χ4v) is 8.97. The molecule has 0 saturated carbocycles. The Morgan fingerprint density at radius 3 is 1.45 bits per heavy atom. The van der Waals surface area contributed by atoms with E-state index in [1.807, 2.05) is 60.6 Å². The lowest BCUT2D eigenvalue weighted by Gasteiger charge is -2.46. The SMILES string of the molecule is [C-]#[N+]c1ccc(Nc2ccnc(OC3C4COCC3CN(C(=O)OC(C)(C)C)C4)c2C)c(Cl)c1.[C-]#[N+]c1ccc(Nc2ccnc(OC3C4COCC3CN(C(=O)OC(C)C)C4)c2C)c(Cl)c1. The average molecular weight is 956 g/mol. The summed E-state index contributed by atoms with van der Waals surface area (Å²) in [6.07, 6.45) is 2.41. The summed E-state index contributed by atoms with van der Waals surface area (Å²) >= 11 is 12.7. The quantitative estimate of drug-likeness (QED) is 0.153. The lowest BCUT2D eigenvalue weighted by Crippen LogP contribution is -2.59. The Labute approximate surface area is 401 Å². The number of pyridine rings is 2. The van der Waals surface area contributed by atoms with Gasteiger partial charge in [-0.3, -0.25) is 0 Å². The van der Waals surface area contributed by atoms with Gasteiger partial charge in [0.2, 0.25) is 11.8 Å². The molecular weight excluding hydrogens is 899 g/mol. The maximum absolute atomic E-state index is 12.6. The fourth-order valence-electron chi connectivity index (χ4n) is 8.52. The molecule has 0 spiro atoms. The number of hydrogen-bond acceptors (Lipinski definition) is 12. The van der Waals surface area contributed by atoms with E-state index in [-0.39, 0.29) is 54.2 Å². The van der Waals surface area contributed by atoms with Gasteiger partial charge in [0.15, 0.2) is 11.4 Å². The third kappa shape index (κ3) is 12.1. The first-order valence-corrected chi connectivity index (χ1v) is 23.0. The molecule has 8 rings (SSSR count). The van der Waals surface area contributed by atoms with E-state index in [4.69, 9.17) is 64.8 Å². The molecule has 0 aliphatic carbocycles. The zero-order valence-electron chi connectivity index (χ0n) is 38.7. The van der Waals surface area contributed by atoms with Crippen molar-refractivity contribution in [1.29, 1.82) is 0 Å². The van der Waals surface area contributed by atoms with E-state index < -0.39 is 5.60 Å². The van der Waals surface area contributed by atoms with Crippen molar-refractivity contribution in [2.45, 2.75) is 72.4 Å². The average Bonchev–Trinajstić information content (AvgIpc) is 3.26. The molecule has 2 aromatic carbocycles. The first kappa shape index (κ1) is 48.9. The van der Waals surface area contributed by atoms with Crippen LogP contribution >= 0.6 is 23.2 Å². The molecule has 4 bridgehead atoms. The minimum atomic E-state index is -0.538. The highest BCUT2D eigenvalue weighted by Crippen LogP contribution is 2.38. The second-order valence-electron chi connectivity index (χ2n) is 18.4. The lowest BCUT2D eigenvalue weighted by molar-refractivity contribution is -0.113. The minimum Gasteiger partial charge on any atom is -0.473 e. The number of amides is 2. The summed E-state index contributed by atoms with van der Waals surface area (Å²) in [5, 5.41) is 7.56. The lowest BCUT2D eigenvalue weighted by atomic mass is 9.84. The molecule has 4 atom stereocenters. The topological polar surface area (TPSA) is 155 Å². The second-order valence-corrected chi connectivity index (χ2v) is 19.2. The molecule has 6 heterocycles. The van der Waals surface area contributed by atoms with Gasteiger partial charge in [-0.1, -0.05) is 35.3 Å². The first-order valence-electron chi connectivity index (χ1n) is 22.2. The van der Waals surface area contributed by atoms with E-state index in [2.05, 4.69) is 30.3 Å². The molecular formula is C49H56Cl2N8O8. The number of nitrogens with zero attached hydrogens (tertiary/aromatic N) is 6. The van der Waals surface area contributed by atoms with E-state index in [1.165, 1.54) is 0 Å². The number of carbonyl (C=O) groups excluding carboxylic acids is 2. The molecule has 2 amide bonds. The molecule has 354 valence electrons. The van der Waals surface area contributed by atoms with Gasteiger partial charge < -0.3 is 48.9 Å². The molecule has 67 heavy (non-hydrogen) atoms. The van der Waals surface area contributed by atoms with Crippen LogP contribution in [0.4, 0.5) is 43.7 Å². The van der Waals surface area contributed by atoms with Crippen LogP contribution in [0.25, 0.3) is 9.69 Å². The van der Waals surface area contributed by atoms with Crippen molar-refractivity contribution in [3.05, 3.63) is 105 Å². The zero-order valence-corrected chi connectivity index (χ0v) is 40.2. The second kappa shape index (κ2) is 21.3. The van der Waals surface area contributed by atoms with E-state index in [1.54, 1.807) is 58.6 Å². The van der Waals surface area contributed by atoms with E-state index in [9.17, 15) is 9.59 Å². The molecule has 4 fully saturated rings. The molecule has 4 aliphatic heterocycles. The van der Waals surface area contributed by atoms with E-state index in [0.717, 1.165) is 22.5 Å². The van der Waals surface area contributed by atoms with Gasteiger partial charge in [0, 0.05) is 84.7 Å². The number of likely N-dealkylation sites (tertiary alicyclic amines) is 2. The van der Waals surface area contributed by atoms with Gasteiger partial charge in [-0.2, -0.15) is 0 Å². The normalized spacial score (nSPS) is 22.0. The number of ether oxygens (including phenoxy) is 6. The number of benzene rings is 2. The number of hydrogen-bond donors (Lipinski definition) is 2. The highest BCUT2D eigenvalue weighted by molar-refractivity contribution is 6.34. The van der Waals surface area contributed by atoms with E-state index >= 15 is 0 Å². The molecule has 2 aromatic heterocycles. The van der Waals surface area contributed by atoms with Crippen LogP contribution in [0.5, 0.6) is 11.8 Å². The third-order valence-corrected chi connectivity index (χ3v) is 12.4. The number of halogens is 2. The van der Waals surface area contributed by atoms with Crippen LogP contribution in [0.15, 0.2) is 60.9 Å². The first-order chi connectivity index (χ1) is 32.0. The van der Waals surface area contributed by atoms with Crippen molar-refractivity contribution >= 4 is 69.5 Å². The maximum Gasteiger partial charge on any atom is 0.410 e. The van der Waals surface area contributed by atoms with Crippen LogP contribution in [0.3, 0.4) is 0 Å². The van der Waals surface area contributed by atoms with Crippen molar-refractivity contribution < 1.29 is 38.0 Å². The number of aromatic nitrogens is 2. The van der Waals surface area contributed by atoms with Gasteiger partial charge in [-0.05, 0) is 84.9 Å². The van der Waals surface area contributed by atoms with Crippen LogP contribution in [-0.4, -0.2) is 108 Å². The largest absolute Gasteiger partial charge is 0.473 e. The standard InChI is InChI=1S/C25H29ClN4O4.C24H27ClN4O4/c1-15-20(29-21-7-6-18(27-5)10-19(21)26)8-9-28-23(15)33-22-16-11-30(12-17(22)14-32-13-16)24(31)34-25(2,3)4;1-14(2)32-24(30)29-10-16-12-31-13-17(11-29)22(16)33-23-15(3)20(7-8-27-23)28-21-6-5-18(26-4)9-19(21)25/h6-10,16-17,22H,11-14H2,1-4H3,(H,28,29);5-9,14,16-17,22H,10-13H2,1-3H3,(H,27,28). The summed E-state index contributed by atoms with van der Waals surface area (Å²) in [6, 6.07) is 14.0. The fraction of sp³-hybridized carbons (Fsp3) is 0.469. The summed E-state index contributed by atoms with van der Waals surface area (Å²) in [6.45, 7) is 31.6. The monoisotopic (exact) mass is 954 g/mol. The van der Waals surface area contributed by atoms with Crippen molar-refractivity contribution in [2.75, 3.05) is 63.2 Å². The number of piperidine rings is 2. The van der Waals surface area contributed by atoms with Gasteiger partial charge in [-0.25, -0.2) is 29.2 Å². The Morgan fingerprint density at radius 2 is 1.09 bits per heavy atom. The summed E-state index contributed by atoms with van der Waals surface area (Å²) in [7, 11) is 0. The zero-order chi connectivity index (χ0) is 48.0. The molecule has 4 aromatic rings. The predicted octanol–water partition coefficient (Wildman–Crippen LogP) is 10.8. The molecule has 18 heteroatoms. The van der Waals surface area contributed by atoms with Crippen LogP contribution < -0.4 is 20.1 Å². The van der Waals surface area contributed by atoms with Crippen LogP contribution in [0.1, 0.15) is 45.7 Å². The smallest absolute Gasteiger partial charge is 0.410 e. The number of rotatable bonds is 9. The third-order valence-electron chi connectivity index (χ3n) is 11.8. The minimum absolute atomic E-state index is 0.0217. The summed E-state index contributed by atoms with van der Waals surface area (Å²) in [4.78, 5) is 44.3. The van der Waals surface area contributed by atoms with Gasteiger partial charge in [-0.15, -0.1) is 0 Å². The van der Waals surface area contributed by atoms with Crippen LogP contribution in [0, 0.1) is 50.7 Å². The molecule has 0 radical (unpaired) electrons. The molecule has 4 aliphatic rings. The van der Waals surface area contributed by atoms with Crippen molar-refractivity contribution in [1.82, 2.24) is 19.8 Å². The van der Waals surface area contributed by atoms with Crippen molar-refractivity contribution in [3.8, 4) is 11.8 Å². The number of nitrogens with one attached hydrogen (secondary N) is 2. The maximum atomic E-state index is 12.6. The van der Waals surface area contributed by atoms with Crippen molar-refractivity contribution in [3.63, 3.8) is 0 Å². The number of carbonyl (C=O) groups is 2. The number of anilines is 4. The van der Waals surface area contributed by atoms with Gasteiger partial charge in [0.25, 0.3) is 0 Å². The molecule has 16 nitrogen and oxygen atoms in total. The summed E-state index contributed by atoms with van der Waals surface area (Å²) in [5.74, 6) is 1.18. The van der Waals surface area contributed by atoms with Crippen LogP contribution in [0.2, 0.25) is 10.0 Å². The number of fused-ring (bicyclic) bond motifs is 4. The van der Waals surface area contributed by atoms with Gasteiger partial charge in [0.05, 0.1) is 67.1 Å². The Bertz CT molecular complexity index is 2500. The van der Waals surface area contributed by atoms with Gasteiger partial charge in [0.1, 0.15) is 17.8 Å². The van der Waals surface area contributed by atoms with Gasteiger partial charge >= 0.3 is 12.2 Å². The summed E-state index contributed by atoms with van der Waals surface area (Å²) in [5.41, 5.74) is 5.16. The summed E-state index contributed by atoms with van der Waals surface area (Å²) < 4.78 is 35.3. The molecule has 4 unspecified atom stereocenters. The Morgan fingerprint density at radius 1 is 0.687 bits per heavy atom. The molecule has 4 saturated heterocycles. The highest BCUT2D eigenvalue weighted by Gasteiger charge is 2.46. The van der Waals surface area contributed by atoms with E-state index in [0.29, 0.717) is 97.2 Å². The van der Waals surface area contributed by atoms with Crippen LogP contribution in [-0.2, 0) is 18.9 Å². The Balaban J connectivity index is 0.000000199. The molecule has 2 N–H and O–H groups in total. The van der Waals surface area contributed by atoms with Crippen molar-refractivity contribution in [2.24, 2.45) is 23.7 Å². The Hall–Kier alpha value is -6.04. The highest BCUT2D eigenvalue weighted by atomic mass is 35.5. The predicted molar refractivity (Wildman–Crippen MR) is 255 cm³/mol.